The van der Waals surface area contributed by atoms with E-state index < -0.39 is 52.3 Å². The lowest BCUT2D eigenvalue weighted by molar-refractivity contribution is -0.143. The molecule has 2 rings (SSSR count). The quantitative estimate of drug-likeness (QED) is 0.637. The van der Waals surface area contributed by atoms with Crippen LogP contribution in [-0.4, -0.2) is 5.11 Å². The minimum absolute atomic E-state index is 0.598. The first-order valence-corrected chi connectivity index (χ1v) is 5.53. The van der Waals surface area contributed by atoms with Gasteiger partial charge in [-0.2, -0.15) is 22.0 Å². The molecule has 0 bridgehead atoms. The Balaban J connectivity index is 2.62. The van der Waals surface area contributed by atoms with Gasteiger partial charge in [-0.15, -0.1) is 0 Å². The maximum absolute atomic E-state index is 13.6. The minimum Gasteiger partial charge on any atom is -0.504 e. The summed E-state index contributed by atoms with van der Waals surface area (Å²) in [5.41, 5.74) is -2.70. The highest BCUT2D eigenvalue weighted by atomic mass is 19.4. The lowest BCUT2D eigenvalue weighted by Gasteiger charge is -2.14. The summed E-state index contributed by atoms with van der Waals surface area (Å²) in [6.45, 7) is 0. The summed E-state index contributed by atoms with van der Waals surface area (Å²) >= 11 is 0. The Morgan fingerprint density at radius 2 is 1.32 bits per heavy atom. The van der Waals surface area contributed by atoms with Crippen LogP contribution in [0.1, 0.15) is 5.56 Å². The fraction of sp³-hybridized carbons (Fsp3) is 0.0769. The first-order chi connectivity index (χ1) is 10.1. The Kier molecular flexibility index (Phi) is 3.90. The predicted molar refractivity (Wildman–Crippen MR) is 59.5 cm³/mol. The molecule has 9 heteroatoms. The molecular formula is C13H5F7O2. The van der Waals surface area contributed by atoms with E-state index in [9.17, 15) is 35.8 Å². The highest BCUT2D eigenvalue weighted by molar-refractivity contribution is 5.44. The fourth-order valence-corrected chi connectivity index (χ4v) is 1.60. The molecule has 0 saturated carbocycles. The summed E-state index contributed by atoms with van der Waals surface area (Å²) in [5, 5.41) is 9.34. The molecule has 0 aliphatic rings. The van der Waals surface area contributed by atoms with Crippen molar-refractivity contribution in [1.82, 2.24) is 0 Å². The number of alkyl halides is 3. The average molecular weight is 326 g/mol. The number of phenols is 1. The Morgan fingerprint density at radius 1 is 0.818 bits per heavy atom. The Hall–Kier alpha value is -2.45. The van der Waals surface area contributed by atoms with E-state index in [1.807, 2.05) is 0 Å². The lowest BCUT2D eigenvalue weighted by Crippen LogP contribution is -2.15. The Bertz CT molecular complexity index is 696. The van der Waals surface area contributed by atoms with E-state index in [4.69, 9.17) is 0 Å². The summed E-state index contributed by atoms with van der Waals surface area (Å²) in [5.74, 6) is -13.0. The van der Waals surface area contributed by atoms with Crippen LogP contribution in [0.2, 0.25) is 0 Å². The van der Waals surface area contributed by atoms with Crippen LogP contribution in [0, 0.1) is 23.3 Å². The number of benzene rings is 2. The Morgan fingerprint density at radius 3 is 1.77 bits per heavy atom. The molecular weight excluding hydrogens is 321 g/mol. The van der Waals surface area contributed by atoms with Gasteiger partial charge in [0.25, 0.3) is 0 Å². The molecule has 0 aromatic heterocycles. The van der Waals surface area contributed by atoms with E-state index in [0.29, 0.717) is 0 Å². The number of hydrogen-bond donors (Lipinski definition) is 1. The number of halogens is 7. The number of phenolic OH excluding ortho intramolecular Hbond substituents is 1. The third-order valence-electron chi connectivity index (χ3n) is 2.58. The molecule has 0 saturated heterocycles. The third kappa shape index (κ3) is 2.66. The van der Waals surface area contributed by atoms with Crippen molar-refractivity contribution in [3.8, 4) is 17.2 Å². The molecule has 2 aromatic carbocycles. The largest absolute Gasteiger partial charge is 0.504 e. The first kappa shape index (κ1) is 15.9. The molecule has 0 fully saturated rings. The van der Waals surface area contributed by atoms with Gasteiger partial charge in [-0.05, 0) is 12.1 Å². The van der Waals surface area contributed by atoms with Gasteiger partial charge in [-0.1, -0.05) is 12.1 Å². The van der Waals surface area contributed by atoms with Crippen molar-refractivity contribution in [2.75, 3.05) is 0 Å². The first-order valence-electron chi connectivity index (χ1n) is 5.53. The second-order valence-electron chi connectivity index (χ2n) is 4.03. The number of rotatable bonds is 2. The van der Waals surface area contributed by atoms with Crippen LogP contribution < -0.4 is 4.74 Å². The minimum atomic E-state index is -5.64. The van der Waals surface area contributed by atoms with Crippen molar-refractivity contribution in [1.29, 1.82) is 0 Å². The summed E-state index contributed by atoms with van der Waals surface area (Å²) in [4.78, 5) is 0. The molecule has 0 heterocycles. The van der Waals surface area contributed by atoms with Crippen molar-refractivity contribution in [2.24, 2.45) is 0 Å². The van der Waals surface area contributed by atoms with E-state index in [1.54, 1.807) is 0 Å². The SMILES string of the molecule is Oc1ccccc1Oc1c(F)c(F)c(C(F)(F)F)c(F)c1F. The van der Waals surface area contributed by atoms with Gasteiger partial charge in [0.1, 0.15) is 5.56 Å². The number of hydrogen-bond acceptors (Lipinski definition) is 2. The summed E-state index contributed by atoms with van der Waals surface area (Å²) in [7, 11) is 0. The molecule has 0 atom stereocenters. The third-order valence-corrected chi connectivity index (χ3v) is 2.58. The topological polar surface area (TPSA) is 29.5 Å². The van der Waals surface area contributed by atoms with Crippen LogP contribution in [0.25, 0.3) is 0 Å². The van der Waals surface area contributed by atoms with Gasteiger partial charge in [0.05, 0.1) is 0 Å². The molecule has 0 aliphatic carbocycles. The number of aromatic hydroxyl groups is 1. The van der Waals surface area contributed by atoms with Crippen molar-refractivity contribution < 1.29 is 40.6 Å². The van der Waals surface area contributed by atoms with E-state index in [1.165, 1.54) is 12.1 Å². The van der Waals surface area contributed by atoms with Crippen LogP contribution in [-0.2, 0) is 6.18 Å². The van der Waals surface area contributed by atoms with Gasteiger partial charge >= 0.3 is 6.18 Å². The van der Waals surface area contributed by atoms with E-state index in [0.717, 1.165) is 12.1 Å². The number of ether oxygens (including phenoxy) is 1. The van der Waals surface area contributed by atoms with E-state index in [-0.39, 0.29) is 0 Å². The summed E-state index contributed by atoms with van der Waals surface area (Å²) in [6.07, 6.45) is -5.64. The molecule has 0 amide bonds. The normalized spacial score (nSPS) is 11.6. The van der Waals surface area contributed by atoms with E-state index >= 15 is 0 Å². The van der Waals surface area contributed by atoms with Crippen LogP contribution >= 0.6 is 0 Å². The predicted octanol–water partition coefficient (Wildman–Crippen LogP) is 4.76. The zero-order valence-corrected chi connectivity index (χ0v) is 10.3. The van der Waals surface area contributed by atoms with Crippen molar-refractivity contribution in [3.63, 3.8) is 0 Å². The highest BCUT2D eigenvalue weighted by Gasteiger charge is 2.43. The summed E-state index contributed by atoms with van der Waals surface area (Å²) < 4.78 is 95.5. The van der Waals surface area contributed by atoms with Gasteiger partial charge in [0.2, 0.25) is 17.4 Å². The van der Waals surface area contributed by atoms with Gasteiger partial charge in [-0.25, -0.2) is 8.78 Å². The van der Waals surface area contributed by atoms with Crippen LogP contribution in [0.15, 0.2) is 24.3 Å². The van der Waals surface area contributed by atoms with Crippen LogP contribution in [0.3, 0.4) is 0 Å². The standard InChI is InChI=1S/C13H5F7O2/c14-8-7(13(18,19)20)9(15)11(17)12(10(8)16)22-6-4-2-1-3-5(6)21/h1-4,21H. The summed E-state index contributed by atoms with van der Waals surface area (Å²) in [6, 6.07) is 4.58. The smallest absolute Gasteiger partial charge is 0.422 e. The zero-order chi connectivity index (χ0) is 16.7. The van der Waals surface area contributed by atoms with Crippen LogP contribution in [0.4, 0.5) is 30.7 Å². The molecule has 1 N–H and O–H groups in total. The molecule has 0 radical (unpaired) electrons. The second kappa shape index (κ2) is 5.39. The van der Waals surface area contributed by atoms with Gasteiger partial charge < -0.3 is 9.84 Å². The van der Waals surface area contributed by atoms with Crippen molar-refractivity contribution in [2.45, 2.75) is 6.18 Å². The second-order valence-corrected chi connectivity index (χ2v) is 4.03. The fourth-order valence-electron chi connectivity index (χ4n) is 1.60. The molecule has 0 unspecified atom stereocenters. The molecule has 118 valence electrons. The van der Waals surface area contributed by atoms with Crippen molar-refractivity contribution in [3.05, 3.63) is 53.1 Å². The lowest BCUT2D eigenvalue weighted by atomic mass is 10.1. The highest BCUT2D eigenvalue weighted by Crippen LogP contribution is 2.41. The number of para-hydroxylation sites is 2. The van der Waals surface area contributed by atoms with Gasteiger partial charge in [0.15, 0.2) is 23.1 Å². The maximum atomic E-state index is 13.6. The molecule has 0 aliphatic heterocycles. The zero-order valence-electron chi connectivity index (χ0n) is 10.3. The van der Waals surface area contributed by atoms with Crippen molar-refractivity contribution >= 4 is 0 Å². The monoisotopic (exact) mass is 326 g/mol. The molecule has 0 spiro atoms. The molecule has 2 aromatic rings. The molecule has 22 heavy (non-hydrogen) atoms. The average Bonchev–Trinajstić information content (AvgIpc) is 2.42. The molecule has 2 nitrogen and oxygen atoms in total. The van der Waals surface area contributed by atoms with Gasteiger partial charge in [-0.3, -0.25) is 0 Å². The van der Waals surface area contributed by atoms with Crippen LogP contribution in [0.5, 0.6) is 17.2 Å². The van der Waals surface area contributed by atoms with Gasteiger partial charge in [0, 0.05) is 0 Å². The Labute approximate surface area is 118 Å². The maximum Gasteiger partial charge on any atom is 0.422 e. The van der Waals surface area contributed by atoms with E-state index in [2.05, 4.69) is 4.74 Å².